The van der Waals surface area contributed by atoms with Gasteiger partial charge in [0.2, 0.25) is 5.95 Å². The number of rotatable bonds is 4. The molecular weight excluding hydrogens is 250 g/mol. The van der Waals surface area contributed by atoms with Gasteiger partial charge in [0.25, 0.3) is 0 Å². The Labute approximate surface area is 108 Å². The molecule has 2 aromatic rings. The molecule has 94 valence electrons. The van der Waals surface area contributed by atoms with Gasteiger partial charge in [0, 0.05) is 0 Å². The molecule has 0 aliphatic rings. The van der Waals surface area contributed by atoms with Crippen molar-refractivity contribution < 1.29 is 8.95 Å². The predicted octanol–water partition coefficient (Wildman–Crippen LogP) is 1.93. The average Bonchev–Trinajstić information content (AvgIpc) is 2.40. The molecule has 0 radical (unpaired) electrons. The van der Waals surface area contributed by atoms with Crippen LogP contribution in [-0.4, -0.2) is 21.3 Å². The molecule has 0 bridgehead atoms. The molecule has 0 fully saturated rings. The van der Waals surface area contributed by atoms with Crippen LogP contribution in [0.3, 0.4) is 0 Å². The molecule has 1 heterocycles. The smallest absolute Gasteiger partial charge is 0.235 e. The number of aryl methyl sites for hydroxylation is 1. The first kappa shape index (κ1) is 12.5. The zero-order valence-corrected chi connectivity index (χ0v) is 10.9. The lowest BCUT2D eigenvalue weighted by atomic mass is 10.2. The quantitative estimate of drug-likeness (QED) is 0.915. The van der Waals surface area contributed by atoms with Crippen LogP contribution in [-0.2, 0) is 11.0 Å². The summed E-state index contributed by atoms with van der Waals surface area (Å²) in [6, 6.07) is 7.43. The highest BCUT2D eigenvalue weighted by atomic mass is 32.2. The van der Waals surface area contributed by atoms with E-state index in [1.807, 2.05) is 31.2 Å². The Balaban J connectivity index is 2.08. The summed E-state index contributed by atoms with van der Waals surface area (Å²) in [5.74, 6) is 0.858. The number of ether oxygens (including phenoxy) is 1. The van der Waals surface area contributed by atoms with Gasteiger partial charge in [0.1, 0.15) is 0 Å². The van der Waals surface area contributed by atoms with E-state index in [-0.39, 0.29) is 0 Å². The monoisotopic (exact) mass is 263 g/mol. The summed E-state index contributed by atoms with van der Waals surface area (Å²) in [5.41, 5.74) is 1.12. The lowest BCUT2D eigenvalue weighted by molar-refractivity contribution is 0.411. The van der Waals surface area contributed by atoms with Crippen molar-refractivity contribution in [2.45, 2.75) is 11.8 Å². The van der Waals surface area contributed by atoms with E-state index >= 15 is 0 Å². The van der Waals surface area contributed by atoms with Crippen LogP contribution in [0.25, 0.3) is 0 Å². The minimum Gasteiger partial charge on any atom is -0.494 e. The summed E-state index contributed by atoms with van der Waals surface area (Å²) in [7, 11) is 0.171. The fourth-order valence-corrected chi connectivity index (χ4v) is 2.05. The molecule has 0 spiro atoms. The van der Waals surface area contributed by atoms with Gasteiger partial charge in [-0.15, -0.1) is 0 Å². The van der Waals surface area contributed by atoms with E-state index in [9.17, 15) is 4.21 Å². The van der Waals surface area contributed by atoms with E-state index in [0.29, 0.717) is 16.6 Å². The molecule has 1 N–H and O–H groups in total. The number of nitrogens with one attached hydrogen (secondary N) is 1. The van der Waals surface area contributed by atoms with Gasteiger partial charge >= 0.3 is 0 Å². The van der Waals surface area contributed by atoms with E-state index in [1.54, 1.807) is 0 Å². The SMILES string of the molecule is COc1cnc(NS(=O)c2ccc(C)cc2)nc1. The van der Waals surface area contributed by atoms with Crippen molar-refractivity contribution in [3.8, 4) is 5.75 Å². The van der Waals surface area contributed by atoms with Crippen LogP contribution >= 0.6 is 0 Å². The summed E-state index contributed by atoms with van der Waals surface area (Å²) < 4.78 is 19.6. The van der Waals surface area contributed by atoms with E-state index in [4.69, 9.17) is 4.74 Å². The van der Waals surface area contributed by atoms with Gasteiger partial charge in [-0.3, -0.25) is 4.72 Å². The number of hydrogen-bond donors (Lipinski definition) is 1. The number of hydrogen-bond acceptors (Lipinski definition) is 4. The van der Waals surface area contributed by atoms with Crippen molar-refractivity contribution in [1.29, 1.82) is 0 Å². The number of anilines is 1. The van der Waals surface area contributed by atoms with Crippen LogP contribution in [0, 0.1) is 6.92 Å². The molecule has 1 aromatic carbocycles. The van der Waals surface area contributed by atoms with Crippen LogP contribution in [0.5, 0.6) is 5.75 Å². The topological polar surface area (TPSA) is 64.1 Å². The average molecular weight is 263 g/mol. The summed E-state index contributed by atoms with van der Waals surface area (Å²) in [6.07, 6.45) is 3.03. The van der Waals surface area contributed by atoms with E-state index < -0.39 is 11.0 Å². The Hall–Kier alpha value is -1.95. The first-order chi connectivity index (χ1) is 8.69. The van der Waals surface area contributed by atoms with Gasteiger partial charge in [-0.2, -0.15) is 0 Å². The van der Waals surface area contributed by atoms with Gasteiger partial charge in [0.05, 0.1) is 24.4 Å². The normalized spacial score (nSPS) is 11.9. The minimum absolute atomic E-state index is 0.301. The van der Waals surface area contributed by atoms with Crippen LogP contribution < -0.4 is 9.46 Å². The molecule has 0 saturated heterocycles. The number of nitrogens with zero attached hydrogens (tertiary/aromatic N) is 2. The molecule has 5 nitrogen and oxygen atoms in total. The number of aromatic nitrogens is 2. The Morgan fingerprint density at radius 2 is 1.78 bits per heavy atom. The fraction of sp³-hybridized carbons (Fsp3) is 0.167. The molecule has 18 heavy (non-hydrogen) atoms. The van der Waals surface area contributed by atoms with Gasteiger partial charge in [-0.1, -0.05) is 17.7 Å². The molecule has 1 aromatic heterocycles. The number of methoxy groups -OCH3 is 1. The first-order valence-electron chi connectivity index (χ1n) is 5.30. The molecule has 0 amide bonds. The maximum absolute atomic E-state index is 12.0. The largest absolute Gasteiger partial charge is 0.494 e. The summed E-state index contributed by atoms with van der Waals surface area (Å²) in [6.45, 7) is 1.98. The molecule has 1 unspecified atom stereocenters. The minimum atomic E-state index is -1.37. The Morgan fingerprint density at radius 3 is 2.33 bits per heavy atom. The lowest BCUT2D eigenvalue weighted by Gasteiger charge is -2.05. The van der Waals surface area contributed by atoms with Crippen molar-refractivity contribution in [3.05, 3.63) is 42.2 Å². The maximum atomic E-state index is 12.0. The summed E-state index contributed by atoms with van der Waals surface area (Å²) in [4.78, 5) is 8.67. The van der Waals surface area contributed by atoms with E-state index in [1.165, 1.54) is 19.5 Å². The Bertz CT molecular complexity index is 540. The molecule has 0 saturated carbocycles. The van der Waals surface area contributed by atoms with E-state index in [2.05, 4.69) is 14.7 Å². The zero-order valence-electron chi connectivity index (χ0n) is 10.1. The standard InChI is InChI=1S/C12H13N3O2S/c1-9-3-5-11(6-4-9)18(16)15-12-13-7-10(17-2)8-14-12/h3-8H,1-2H3,(H,13,14,15). The highest BCUT2D eigenvalue weighted by Gasteiger charge is 2.05. The maximum Gasteiger partial charge on any atom is 0.235 e. The van der Waals surface area contributed by atoms with Crippen molar-refractivity contribution >= 4 is 16.9 Å². The van der Waals surface area contributed by atoms with Crippen molar-refractivity contribution in [2.24, 2.45) is 0 Å². The third kappa shape index (κ3) is 3.04. The van der Waals surface area contributed by atoms with Crippen LogP contribution in [0.15, 0.2) is 41.6 Å². The Kier molecular flexibility index (Phi) is 3.88. The molecular formula is C12H13N3O2S. The second-order valence-corrected chi connectivity index (χ2v) is 4.84. The van der Waals surface area contributed by atoms with Crippen LogP contribution in [0.4, 0.5) is 5.95 Å². The summed E-state index contributed by atoms with van der Waals surface area (Å²) in [5, 5.41) is 0. The number of benzene rings is 1. The highest BCUT2D eigenvalue weighted by Crippen LogP contribution is 2.12. The second-order valence-electron chi connectivity index (χ2n) is 3.63. The highest BCUT2D eigenvalue weighted by molar-refractivity contribution is 7.86. The van der Waals surface area contributed by atoms with Crippen molar-refractivity contribution in [2.75, 3.05) is 11.8 Å². The first-order valence-corrected chi connectivity index (χ1v) is 6.45. The molecule has 0 aliphatic carbocycles. The lowest BCUT2D eigenvalue weighted by Crippen LogP contribution is -2.07. The van der Waals surface area contributed by atoms with Gasteiger partial charge in [-0.05, 0) is 19.1 Å². The van der Waals surface area contributed by atoms with Crippen LogP contribution in [0.1, 0.15) is 5.56 Å². The molecule has 0 aliphatic heterocycles. The fourth-order valence-electron chi connectivity index (χ4n) is 1.28. The van der Waals surface area contributed by atoms with Gasteiger partial charge in [-0.25, -0.2) is 14.2 Å². The third-order valence-corrected chi connectivity index (χ3v) is 3.35. The van der Waals surface area contributed by atoms with E-state index in [0.717, 1.165) is 5.56 Å². The molecule has 1 atom stereocenters. The van der Waals surface area contributed by atoms with Crippen molar-refractivity contribution in [1.82, 2.24) is 9.97 Å². The predicted molar refractivity (Wildman–Crippen MR) is 69.8 cm³/mol. The molecule has 6 heteroatoms. The van der Waals surface area contributed by atoms with Gasteiger partial charge in [0.15, 0.2) is 16.7 Å². The Morgan fingerprint density at radius 1 is 1.17 bits per heavy atom. The molecule has 2 rings (SSSR count). The third-order valence-electron chi connectivity index (χ3n) is 2.28. The second kappa shape index (κ2) is 5.59. The van der Waals surface area contributed by atoms with Crippen molar-refractivity contribution in [3.63, 3.8) is 0 Å². The zero-order chi connectivity index (χ0) is 13.0. The van der Waals surface area contributed by atoms with Gasteiger partial charge < -0.3 is 4.74 Å². The van der Waals surface area contributed by atoms with Crippen LogP contribution in [0.2, 0.25) is 0 Å². The summed E-state index contributed by atoms with van der Waals surface area (Å²) >= 11 is 0.